The predicted octanol–water partition coefficient (Wildman–Crippen LogP) is 4.96. The van der Waals surface area contributed by atoms with Gasteiger partial charge in [0.05, 0.1) is 0 Å². The summed E-state index contributed by atoms with van der Waals surface area (Å²) in [5.41, 5.74) is 0.322. The van der Waals surface area contributed by atoms with E-state index >= 15 is 0 Å². The maximum absolute atomic E-state index is 3.65. The fourth-order valence-electron chi connectivity index (χ4n) is 1.94. The Morgan fingerprint density at radius 1 is 1.33 bits per heavy atom. The van der Waals surface area contributed by atoms with E-state index in [0.717, 1.165) is 25.4 Å². The minimum absolute atomic E-state index is 0.322. The van der Waals surface area contributed by atoms with Crippen LogP contribution in [0.2, 0.25) is 0 Å². The molecule has 0 spiro atoms. The molecule has 0 bridgehead atoms. The zero-order valence-electron chi connectivity index (χ0n) is 12.2. The van der Waals surface area contributed by atoms with Crippen molar-refractivity contribution in [3.05, 3.63) is 20.8 Å². The minimum atomic E-state index is 0.322. The van der Waals surface area contributed by atoms with Gasteiger partial charge in [-0.3, -0.25) is 0 Å². The van der Waals surface area contributed by atoms with Crippen LogP contribution in [0, 0.1) is 17.3 Å². The molecule has 0 saturated carbocycles. The van der Waals surface area contributed by atoms with Crippen LogP contribution in [0.4, 0.5) is 0 Å². The Labute approximate surface area is 125 Å². The number of thiophene rings is 1. The van der Waals surface area contributed by atoms with Crippen molar-refractivity contribution < 1.29 is 0 Å². The Balaban J connectivity index is 2.65. The highest BCUT2D eigenvalue weighted by atomic mass is 79.9. The van der Waals surface area contributed by atoms with Gasteiger partial charge in [0.1, 0.15) is 0 Å². The molecule has 3 heteroatoms. The molecule has 0 fully saturated rings. The molecule has 0 saturated heterocycles. The maximum atomic E-state index is 3.65. The number of rotatable bonds is 7. The van der Waals surface area contributed by atoms with Gasteiger partial charge in [-0.05, 0) is 57.6 Å². The van der Waals surface area contributed by atoms with Gasteiger partial charge in [-0.25, -0.2) is 0 Å². The zero-order valence-corrected chi connectivity index (χ0v) is 14.6. The smallest absolute Gasteiger partial charge is 0.0314 e. The molecule has 0 aliphatic heterocycles. The van der Waals surface area contributed by atoms with E-state index in [4.69, 9.17) is 0 Å². The molecular formula is C15H26BrNS. The molecule has 1 heterocycles. The number of nitrogens with one attached hydrogen (secondary N) is 1. The molecule has 0 aliphatic carbocycles. The monoisotopic (exact) mass is 331 g/mol. The first kappa shape index (κ1) is 16.2. The van der Waals surface area contributed by atoms with E-state index in [1.807, 2.05) is 11.3 Å². The van der Waals surface area contributed by atoms with Crippen molar-refractivity contribution in [2.24, 2.45) is 17.3 Å². The lowest BCUT2D eigenvalue weighted by atomic mass is 9.76. The largest absolute Gasteiger partial charge is 0.316 e. The molecule has 1 unspecified atom stereocenters. The topological polar surface area (TPSA) is 12.0 Å². The highest BCUT2D eigenvalue weighted by Crippen LogP contribution is 2.35. The highest BCUT2D eigenvalue weighted by Gasteiger charge is 2.29. The van der Waals surface area contributed by atoms with Gasteiger partial charge in [0.2, 0.25) is 0 Å². The third-order valence-corrected chi connectivity index (χ3v) is 5.66. The van der Waals surface area contributed by atoms with E-state index in [1.165, 1.54) is 9.35 Å². The molecule has 1 N–H and O–H groups in total. The molecule has 0 amide bonds. The van der Waals surface area contributed by atoms with E-state index in [-0.39, 0.29) is 0 Å². The zero-order chi connectivity index (χ0) is 13.8. The number of hydrogen-bond acceptors (Lipinski definition) is 2. The molecule has 104 valence electrons. The van der Waals surface area contributed by atoms with Gasteiger partial charge in [-0.15, -0.1) is 11.3 Å². The molecule has 18 heavy (non-hydrogen) atoms. The van der Waals surface area contributed by atoms with Crippen LogP contribution in [-0.4, -0.2) is 13.1 Å². The van der Waals surface area contributed by atoms with Crippen molar-refractivity contribution >= 4 is 27.3 Å². The van der Waals surface area contributed by atoms with Gasteiger partial charge in [-0.2, -0.15) is 0 Å². The summed E-state index contributed by atoms with van der Waals surface area (Å²) in [7, 11) is 0. The maximum Gasteiger partial charge on any atom is 0.0314 e. The van der Waals surface area contributed by atoms with Gasteiger partial charge in [0.25, 0.3) is 0 Å². The standard InChI is InChI=1S/C15H26BrNS/c1-11(2)9-17-10-15(5,12(3)4)8-14-13(16)6-7-18-14/h6-7,11-12,17H,8-10H2,1-5H3. The van der Waals surface area contributed by atoms with Crippen molar-refractivity contribution in [2.75, 3.05) is 13.1 Å². The van der Waals surface area contributed by atoms with Crippen molar-refractivity contribution in [2.45, 2.75) is 41.0 Å². The van der Waals surface area contributed by atoms with Gasteiger partial charge < -0.3 is 5.32 Å². The first-order valence-corrected chi connectivity index (χ1v) is 8.45. The van der Waals surface area contributed by atoms with Gasteiger partial charge in [0, 0.05) is 15.9 Å². The van der Waals surface area contributed by atoms with Crippen LogP contribution >= 0.6 is 27.3 Å². The lowest BCUT2D eigenvalue weighted by Gasteiger charge is -2.34. The summed E-state index contributed by atoms with van der Waals surface area (Å²) in [5, 5.41) is 5.80. The molecule has 1 atom stereocenters. The van der Waals surface area contributed by atoms with Gasteiger partial charge in [-0.1, -0.05) is 34.6 Å². The van der Waals surface area contributed by atoms with Gasteiger partial charge in [0.15, 0.2) is 0 Å². The molecule has 0 aliphatic rings. The quantitative estimate of drug-likeness (QED) is 0.744. The highest BCUT2D eigenvalue weighted by molar-refractivity contribution is 9.10. The van der Waals surface area contributed by atoms with Gasteiger partial charge >= 0.3 is 0 Å². The second-order valence-electron chi connectivity index (χ2n) is 6.20. The van der Waals surface area contributed by atoms with E-state index in [9.17, 15) is 0 Å². The molecule has 1 aromatic heterocycles. The molecule has 1 aromatic rings. The van der Waals surface area contributed by atoms with Crippen LogP contribution < -0.4 is 5.32 Å². The Kier molecular flexibility index (Phi) is 6.36. The van der Waals surface area contributed by atoms with Crippen molar-refractivity contribution in [3.63, 3.8) is 0 Å². The predicted molar refractivity (Wildman–Crippen MR) is 86.4 cm³/mol. The van der Waals surface area contributed by atoms with Crippen molar-refractivity contribution in [3.8, 4) is 0 Å². The number of halogens is 1. The third-order valence-electron chi connectivity index (χ3n) is 3.73. The molecule has 0 aromatic carbocycles. The molecule has 1 nitrogen and oxygen atoms in total. The lowest BCUT2D eigenvalue weighted by molar-refractivity contribution is 0.206. The van der Waals surface area contributed by atoms with E-state index in [0.29, 0.717) is 11.3 Å². The first-order valence-electron chi connectivity index (χ1n) is 6.77. The van der Waals surface area contributed by atoms with Crippen LogP contribution in [-0.2, 0) is 6.42 Å². The Bertz CT molecular complexity index is 359. The SMILES string of the molecule is CC(C)CNCC(C)(Cc1sccc1Br)C(C)C. The minimum Gasteiger partial charge on any atom is -0.316 e. The third kappa shape index (κ3) is 4.67. The fraction of sp³-hybridized carbons (Fsp3) is 0.733. The van der Waals surface area contributed by atoms with E-state index < -0.39 is 0 Å². The summed E-state index contributed by atoms with van der Waals surface area (Å²) in [6.07, 6.45) is 1.15. The van der Waals surface area contributed by atoms with Crippen molar-refractivity contribution in [1.29, 1.82) is 0 Å². The summed E-state index contributed by atoms with van der Waals surface area (Å²) in [4.78, 5) is 1.47. The fourth-order valence-corrected chi connectivity index (χ4v) is 3.62. The first-order chi connectivity index (χ1) is 8.35. The van der Waals surface area contributed by atoms with Crippen LogP contribution in [0.3, 0.4) is 0 Å². The van der Waals surface area contributed by atoms with E-state index in [2.05, 4.69) is 67.3 Å². The average Bonchev–Trinajstić information content (AvgIpc) is 2.63. The lowest BCUT2D eigenvalue weighted by Crippen LogP contribution is -2.39. The van der Waals surface area contributed by atoms with Crippen LogP contribution in [0.5, 0.6) is 0 Å². The second-order valence-corrected chi connectivity index (χ2v) is 8.06. The summed E-state index contributed by atoms with van der Waals surface area (Å²) in [5.74, 6) is 1.39. The summed E-state index contributed by atoms with van der Waals surface area (Å²) < 4.78 is 1.27. The normalized spacial score (nSPS) is 15.3. The van der Waals surface area contributed by atoms with Crippen LogP contribution in [0.1, 0.15) is 39.5 Å². The Hall–Kier alpha value is 0.140. The van der Waals surface area contributed by atoms with Crippen LogP contribution in [0.15, 0.2) is 15.9 Å². The molecule has 0 radical (unpaired) electrons. The molecule has 1 rings (SSSR count). The summed E-state index contributed by atoms with van der Waals surface area (Å²) in [6.45, 7) is 13.8. The Morgan fingerprint density at radius 2 is 2.00 bits per heavy atom. The summed E-state index contributed by atoms with van der Waals surface area (Å²) >= 11 is 5.51. The van der Waals surface area contributed by atoms with Crippen molar-refractivity contribution in [1.82, 2.24) is 5.32 Å². The average molecular weight is 332 g/mol. The molecular weight excluding hydrogens is 306 g/mol. The second kappa shape index (κ2) is 7.06. The van der Waals surface area contributed by atoms with Crippen LogP contribution in [0.25, 0.3) is 0 Å². The van der Waals surface area contributed by atoms with E-state index in [1.54, 1.807) is 0 Å². The number of hydrogen-bond donors (Lipinski definition) is 1. The Morgan fingerprint density at radius 3 is 2.44 bits per heavy atom. The summed E-state index contributed by atoms with van der Waals surface area (Å²) in [6, 6.07) is 2.16.